The average Bonchev–Trinajstić information content (AvgIpc) is 3.11. The summed E-state index contributed by atoms with van der Waals surface area (Å²) in [5.41, 5.74) is 4.31. The summed E-state index contributed by atoms with van der Waals surface area (Å²) in [5, 5.41) is 0.857. The van der Waals surface area contributed by atoms with Gasteiger partial charge >= 0.3 is 0 Å². The van der Waals surface area contributed by atoms with Crippen LogP contribution in [0.25, 0.3) is 0 Å². The van der Waals surface area contributed by atoms with Crippen molar-refractivity contribution in [3.63, 3.8) is 0 Å². The van der Waals surface area contributed by atoms with Gasteiger partial charge in [-0.3, -0.25) is 4.79 Å². The summed E-state index contributed by atoms with van der Waals surface area (Å²) in [6, 6.07) is 17.2. The number of imidazole rings is 1. The van der Waals surface area contributed by atoms with Crippen LogP contribution in [0.1, 0.15) is 43.9 Å². The fraction of sp³-hybridized carbons (Fsp3) is 0.360. The second kappa shape index (κ2) is 7.62. The minimum Gasteiger partial charge on any atom is -0.329 e. The van der Waals surface area contributed by atoms with Gasteiger partial charge < -0.3 is 9.47 Å². The van der Waals surface area contributed by atoms with Gasteiger partial charge in [0, 0.05) is 36.1 Å². The molecular formula is C25H29N3OS. The van der Waals surface area contributed by atoms with E-state index >= 15 is 0 Å². The van der Waals surface area contributed by atoms with E-state index in [0.29, 0.717) is 5.75 Å². The molecule has 0 saturated heterocycles. The predicted molar refractivity (Wildman–Crippen MR) is 124 cm³/mol. The molecule has 0 aliphatic carbocycles. The Kier molecular flexibility index (Phi) is 5.27. The quantitative estimate of drug-likeness (QED) is 0.536. The molecule has 2 aromatic carbocycles. The molecule has 0 radical (unpaired) electrons. The van der Waals surface area contributed by atoms with Gasteiger partial charge in [-0.1, -0.05) is 66.7 Å². The van der Waals surface area contributed by atoms with E-state index in [1.165, 1.54) is 28.5 Å². The normalized spacial score (nSPS) is 20.1. The number of anilines is 1. The van der Waals surface area contributed by atoms with Crippen molar-refractivity contribution in [2.45, 2.75) is 50.2 Å². The average molecular weight is 420 g/mol. The monoisotopic (exact) mass is 419 g/mol. The number of thioether (sulfide) groups is 1. The molecule has 4 rings (SSSR count). The van der Waals surface area contributed by atoms with E-state index in [9.17, 15) is 4.79 Å². The molecule has 2 heterocycles. The number of carbonyl (C=O) groups excluding carboxylic acids is 1. The first-order valence-electron chi connectivity index (χ1n) is 10.3. The summed E-state index contributed by atoms with van der Waals surface area (Å²) in [6.07, 6.45) is 4.53. The molecule has 1 atom stereocenters. The van der Waals surface area contributed by atoms with Crippen molar-refractivity contribution in [2.24, 2.45) is 7.05 Å². The van der Waals surface area contributed by atoms with E-state index in [2.05, 4.69) is 75.1 Å². The molecule has 0 saturated carbocycles. The molecule has 1 aromatic heterocycles. The second-order valence-electron chi connectivity index (χ2n) is 9.04. The Balaban J connectivity index is 1.72. The van der Waals surface area contributed by atoms with Crippen LogP contribution in [-0.2, 0) is 17.3 Å². The van der Waals surface area contributed by atoms with Gasteiger partial charge in [0.1, 0.15) is 0 Å². The van der Waals surface area contributed by atoms with Gasteiger partial charge in [0.2, 0.25) is 5.91 Å². The van der Waals surface area contributed by atoms with Crippen LogP contribution in [-0.4, -0.2) is 26.8 Å². The number of hydrogen-bond donors (Lipinski definition) is 0. The fourth-order valence-corrected chi connectivity index (χ4v) is 5.62. The molecule has 4 nitrogen and oxygen atoms in total. The zero-order valence-electron chi connectivity index (χ0n) is 18.3. The number of aromatic nitrogens is 2. The molecule has 156 valence electrons. The van der Waals surface area contributed by atoms with Crippen LogP contribution >= 0.6 is 11.8 Å². The van der Waals surface area contributed by atoms with Crippen molar-refractivity contribution in [1.82, 2.24) is 9.55 Å². The van der Waals surface area contributed by atoms with Gasteiger partial charge in [-0.15, -0.1) is 0 Å². The lowest BCUT2D eigenvalue weighted by molar-refractivity contribution is -0.117. The first-order valence-corrected chi connectivity index (χ1v) is 11.3. The number of amides is 1. The maximum absolute atomic E-state index is 13.4. The molecule has 1 aliphatic heterocycles. The molecule has 5 heteroatoms. The molecule has 30 heavy (non-hydrogen) atoms. The van der Waals surface area contributed by atoms with Crippen LogP contribution in [0.3, 0.4) is 0 Å². The maximum atomic E-state index is 13.4. The van der Waals surface area contributed by atoms with Crippen molar-refractivity contribution >= 4 is 23.4 Å². The highest BCUT2D eigenvalue weighted by atomic mass is 32.2. The first-order chi connectivity index (χ1) is 14.2. The molecule has 0 spiro atoms. The van der Waals surface area contributed by atoms with Gasteiger partial charge in [0.05, 0.1) is 5.75 Å². The van der Waals surface area contributed by atoms with Gasteiger partial charge in [-0.2, -0.15) is 0 Å². The fourth-order valence-electron chi connectivity index (χ4n) is 4.83. The first kappa shape index (κ1) is 20.7. The third-order valence-electron chi connectivity index (χ3n) is 6.17. The summed E-state index contributed by atoms with van der Waals surface area (Å²) in [4.78, 5) is 19.8. The minimum absolute atomic E-state index is 0.117. The lowest BCUT2D eigenvalue weighted by Crippen LogP contribution is -2.56. The number of benzene rings is 2. The van der Waals surface area contributed by atoms with E-state index in [1.54, 1.807) is 6.20 Å². The van der Waals surface area contributed by atoms with E-state index in [-0.39, 0.29) is 16.9 Å². The van der Waals surface area contributed by atoms with Crippen LogP contribution in [0, 0.1) is 6.92 Å². The van der Waals surface area contributed by atoms with Gasteiger partial charge in [0.25, 0.3) is 0 Å². The molecule has 0 bridgehead atoms. The molecule has 1 aliphatic rings. The second-order valence-corrected chi connectivity index (χ2v) is 9.99. The van der Waals surface area contributed by atoms with E-state index < -0.39 is 0 Å². The van der Waals surface area contributed by atoms with Crippen molar-refractivity contribution in [2.75, 3.05) is 10.7 Å². The Morgan fingerprint density at radius 3 is 2.47 bits per heavy atom. The van der Waals surface area contributed by atoms with Crippen LogP contribution in [0.5, 0.6) is 0 Å². The highest BCUT2D eigenvalue weighted by Crippen LogP contribution is 2.50. The van der Waals surface area contributed by atoms with Crippen LogP contribution < -0.4 is 4.90 Å². The Labute approximate surface area is 183 Å². The Morgan fingerprint density at radius 1 is 1.10 bits per heavy atom. The van der Waals surface area contributed by atoms with Crippen molar-refractivity contribution < 1.29 is 4.79 Å². The van der Waals surface area contributed by atoms with Gasteiger partial charge in [0.15, 0.2) is 5.16 Å². The van der Waals surface area contributed by atoms with Gasteiger partial charge in [-0.05, 0) is 44.4 Å². The number of fused-ring (bicyclic) bond motifs is 1. The minimum atomic E-state index is -0.312. The Morgan fingerprint density at radius 2 is 1.80 bits per heavy atom. The van der Waals surface area contributed by atoms with Crippen LogP contribution in [0.2, 0.25) is 0 Å². The third kappa shape index (κ3) is 3.56. The van der Waals surface area contributed by atoms with E-state index in [0.717, 1.165) is 17.3 Å². The zero-order valence-corrected chi connectivity index (χ0v) is 19.2. The Bertz CT molecular complexity index is 1070. The maximum Gasteiger partial charge on any atom is 0.237 e. The number of para-hydroxylation sites is 1. The Hall–Kier alpha value is -2.53. The molecule has 3 aromatic rings. The molecule has 0 fully saturated rings. The van der Waals surface area contributed by atoms with E-state index in [4.69, 9.17) is 0 Å². The smallest absolute Gasteiger partial charge is 0.237 e. The zero-order chi connectivity index (χ0) is 21.5. The number of nitrogens with zero attached hydrogens (tertiary/aromatic N) is 3. The number of rotatable bonds is 4. The van der Waals surface area contributed by atoms with Gasteiger partial charge in [-0.25, -0.2) is 4.98 Å². The van der Waals surface area contributed by atoms with Crippen molar-refractivity contribution in [3.05, 3.63) is 77.6 Å². The number of hydrogen-bond acceptors (Lipinski definition) is 3. The van der Waals surface area contributed by atoms with Crippen molar-refractivity contribution in [1.29, 1.82) is 0 Å². The summed E-state index contributed by atoms with van der Waals surface area (Å²) < 4.78 is 1.95. The van der Waals surface area contributed by atoms with Crippen LogP contribution in [0.4, 0.5) is 5.69 Å². The predicted octanol–water partition coefficient (Wildman–Crippen LogP) is 5.34. The summed E-state index contributed by atoms with van der Waals surface area (Å²) in [5.74, 6) is 0.482. The molecular weight excluding hydrogens is 390 g/mol. The number of aryl methyl sites for hydroxylation is 2. The summed E-state index contributed by atoms with van der Waals surface area (Å²) in [7, 11) is 1.95. The van der Waals surface area contributed by atoms with Crippen LogP contribution in [0.15, 0.2) is 66.1 Å². The highest BCUT2D eigenvalue weighted by Gasteiger charge is 2.47. The molecule has 1 amide bonds. The summed E-state index contributed by atoms with van der Waals surface area (Å²) in [6.45, 7) is 8.78. The SMILES string of the molecule is Cc1ccc(C2(C)CC(C)(C)N(C(=O)CSc3nccn3C)c3ccccc32)cc1. The van der Waals surface area contributed by atoms with E-state index in [1.807, 2.05) is 28.8 Å². The largest absolute Gasteiger partial charge is 0.329 e. The third-order valence-corrected chi connectivity index (χ3v) is 7.21. The summed E-state index contributed by atoms with van der Waals surface area (Å²) >= 11 is 1.49. The van der Waals surface area contributed by atoms with Crippen molar-refractivity contribution in [3.8, 4) is 0 Å². The highest BCUT2D eigenvalue weighted by molar-refractivity contribution is 7.99. The lowest BCUT2D eigenvalue weighted by Gasteiger charge is -2.51. The number of carbonyl (C=O) groups is 1. The molecule has 1 unspecified atom stereocenters. The molecule has 0 N–H and O–H groups in total. The topological polar surface area (TPSA) is 38.1 Å². The standard InChI is InChI=1S/C25H29N3OS/c1-18-10-12-19(13-11-18)25(4)17-24(2,3)28(21-9-7-6-8-20(21)25)22(29)16-30-23-26-14-15-27(23)5/h6-15H,16-17H2,1-5H3. The lowest BCUT2D eigenvalue weighted by atomic mass is 9.65.